The van der Waals surface area contributed by atoms with Crippen molar-refractivity contribution in [2.75, 3.05) is 19.8 Å². The van der Waals surface area contributed by atoms with Crippen molar-refractivity contribution in [2.45, 2.75) is 26.7 Å². The van der Waals surface area contributed by atoms with Gasteiger partial charge in [-0.1, -0.05) is 12.1 Å². The molecule has 0 aliphatic heterocycles. The average molecular weight is 268 g/mol. The van der Waals surface area contributed by atoms with Crippen LogP contribution in [0.5, 0.6) is 0 Å². The minimum absolute atomic E-state index is 0.102. The smallest absolute Gasteiger partial charge is 0.269 e. The number of nitrogens with one attached hydrogen (secondary N) is 1. The zero-order chi connectivity index (χ0) is 14.1. The van der Waals surface area contributed by atoms with E-state index >= 15 is 0 Å². The highest BCUT2D eigenvalue weighted by Crippen LogP contribution is 2.12. The fourth-order valence-corrected chi connectivity index (χ4v) is 1.65. The van der Waals surface area contributed by atoms with Gasteiger partial charge in [0.25, 0.3) is 5.69 Å². The molecule has 6 nitrogen and oxygen atoms in total. The Bertz CT molecular complexity index is 392. The van der Waals surface area contributed by atoms with Gasteiger partial charge in [-0.25, -0.2) is 0 Å². The first-order valence-electron chi connectivity index (χ1n) is 6.34. The highest BCUT2D eigenvalue weighted by atomic mass is 16.7. The van der Waals surface area contributed by atoms with Crippen LogP contribution < -0.4 is 5.32 Å². The number of nitro groups is 1. The molecular weight excluding hydrogens is 248 g/mol. The van der Waals surface area contributed by atoms with Crippen LogP contribution in [-0.4, -0.2) is 31.0 Å². The molecule has 0 aliphatic rings. The summed E-state index contributed by atoms with van der Waals surface area (Å²) >= 11 is 0. The molecule has 0 unspecified atom stereocenters. The molecule has 0 aromatic heterocycles. The Morgan fingerprint density at radius 2 is 2.00 bits per heavy atom. The van der Waals surface area contributed by atoms with Crippen molar-refractivity contribution in [3.05, 3.63) is 39.9 Å². The van der Waals surface area contributed by atoms with Gasteiger partial charge in [0, 0.05) is 38.4 Å². The van der Waals surface area contributed by atoms with Gasteiger partial charge in [-0.2, -0.15) is 0 Å². The van der Waals surface area contributed by atoms with Crippen molar-refractivity contribution in [3.8, 4) is 0 Å². The number of ether oxygens (including phenoxy) is 2. The lowest BCUT2D eigenvalue weighted by Gasteiger charge is -2.17. The second-order valence-electron chi connectivity index (χ2n) is 3.90. The number of nitro benzene ring substituents is 1. The molecule has 1 aromatic rings. The van der Waals surface area contributed by atoms with Crippen LogP contribution in [0.25, 0.3) is 0 Å². The maximum Gasteiger partial charge on any atom is 0.269 e. The lowest BCUT2D eigenvalue weighted by Crippen LogP contribution is -2.31. The van der Waals surface area contributed by atoms with E-state index in [2.05, 4.69) is 5.32 Å². The third kappa shape index (κ3) is 5.78. The number of non-ortho nitro benzene ring substituents is 1. The molecule has 0 atom stereocenters. The summed E-state index contributed by atoms with van der Waals surface area (Å²) in [4.78, 5) is 10.3. The Morgan fingerprint density at radius 1 is 1.32 bits per heavy atom. The van der Waals surface area contributed by atoms with Gasteiger partial charge < -0.3 is 14.8 Å². The first kappa shape index (κ1) is 15.6. The summed E-state index contributed by atoms with van der Waals surface area (Å²) in [5, 5.41) is 13.8. The average Bonchev–Trinajstić information content (AvgIpc) is 2.39. The summed E-state index contributed by atoms with van der Waals surface area (Å²) in [5.41, 5.74) is 0.964. The van der Waals surface area contributed by atoms with Gasteiger partial charge in [-0.05, 0) is 19.4 Å². The summed E-state index contributed by atoms with van der Waals surface area (Å²) in [5.74, 6) is 0. The number of rotatable bonds is 9. The lowest BCUT2D eigenvalue weighted by molar-refractivity contribution is -0.384. The maximum atomic E-state index is 10.7. The van der Waals surface area contributed by atoms with Crippen LogP contribution in [-0.2, 0) is 16.0 Å². The fraction of sp³-hybridized carbons (Fsp3) is 0.538. The van der Waals surface area contributed by atoms with Crippen LogP contribution in [0, 0.1) is 10.1 Å². The van der Waals surface area contributed by atoms with E-state index < -0.39 is 4.92 Å². The standard InChI is InChI=1S/C13H20N2O4/c1-3-18-13(19-4-2)10-14-9-11-6-5-7-12(8-11)15(16)17/h5-8,13-14H,3-4,9-10H2,1-2H3. The zero-order valence-corrected chi connectivity index (χ0v) is 11.3. The lowest BCUT2D eigenvalue weighted by atomic mass is 10.2. The van der Waals surface area contributed by atoms with Crippen LogP contribution >= 0.6 is 0 Å². The molecule has 0 amide bonds. The Hall–Kier alpha value is -1.50. The van der Waals surface area contributed by atoms with E-state index in [0.29, 0.717) is 26.3 Å². The molecule has 1 aromatic carbocycles. The molecule has 0 saturated heterocycles. The number of nitrogens with zero attached hydrogens (tertiary/aromatic N) is 1. The minimum Gasteiger partial charge on any atom is -0.352 e. The van der Waals surface area contributed by atoms with Crippen LogP contribution in [0.4, 0.5) is 5.69 Å². The van der Waals surface area contributed by atoms with E-state index in [0.717, 1.165) is 5.56 Å². The molecule has 0 heterocycles. The van der Waals surface area contributed by atoms with Crippen molar-refractivity contribution in [1.82, 2.24) is 5.32 Å². The summed E-state index contributed by atoms with van der Waals surface area (Å²) in [7, 11) is 0. The third-order valence-electron chi connectivity index (χ3n) is 2.47. The quantitative estimate of drug-likeness (QED) is 0.421. The second kappa shape index (κ2) is 8.58. The van der Waals surface area contributed by atoms with Gasteiger partial charge in [0.2, 0.25) is 0 Å². The summed E-state index contributed by atoms with van der Waals surface area (Å²) in [6.07, 6.45) is -0.284. The first-order valence-corrected chi connectivity index (χ1v) is 6.34. The van der Waals surface area contributed by atoms with Crippen molar-refractivity contribution in [2.24, 2.45) is 0 Å². The Kier molecular flexibility index (Phi) is 7.02. The summed E-state index contributed by atoms with van der Waals surface area (Å²) < 4.78 is 10.8. The SMILES string of the molecule is CCOC(CNCc1cccc([N+](=O)[O-])c1)OCC. The van der Waals surface area contributed by atoms with Crippen molar-refractivity contribution in [3.63, 3.8) is 0 Å². The van der Waals surface area contributed by atoms with E-state index in [1.54, 1.807) is 12.1 Å². The topological polar surface area (TPSA) is 73.6 Å². The van der Waals surface area contributed by atoms with E-state index in [1.165, 1.54) is 6.07 Å². The van der Waals surface area contributed by atoms with Crippen molar-refractivity contribution >= 4 is 5.69 Å². The normalized spacial score (nSPS) is 10.9. The molecule has 1 N–H and O–H groups in total. The monoisotopic (exact) mass is 268 g/mol. The van der Waals surface area contributed by atoms with Crippen LogP contribution in [0.3, 0.4) is 0 Å². The Morgan fingerprint density at radius 3 is 2.58 bits per heavy atom. The van der Waals surface area contributed by atoms with Gasteiger partial charge in [0.05, 0.1) is 4.92 Å². The molecular formula is C13H20N2O4. The maximum absolute atomic E-state index is 10.7. The first-order chi connectivity index (χ1) is 9.17. The minimum atomic E-state index is -0.396. The van der Waals surface area contributed by atoms with E-state index in [1.807, 2.05) is 19.9 Å². The van der Waals surface area contributed by atoms with Gasteiger partial charge in [-0.3, -0.25) is 10.1 Å². The summed E-state index contributed by atoms with van der Waals surface area (Å²) in [6.45, 7) is 6.08. The highest BCUT2D eigenvalue weighted by Gasteiger charge is 2.08. The van der Waals surface area contributed by atoms with Gasteiger partial charge in [0.15, 0.2) is 6.29 Å². The number of hydrogen-bond acceptors (Lipinski definition) is 5. The largest absolute Gasteiger partial charge is 0.352 e. The van der Waals surface area contributed by atoms with Gasteiger partial charge in [-0.15, -0.1) is 0 Å². The molecule has 106 valence electrons. The van der Waals surface area contributed by atoms with E-state index in [4.69, 9.17) is 9.47 Å². The molecule has 0 radical (unpaired) electrons. The molecule has 0 aliphatic carbocycles. The van der Waals surface area contributed by atoms with E-state index in [-0.39, 0.29) is 12.0 Å². The third-order valence-corrected chi connectivity index (χ3v) is 2.47. The predicted octanol–water partition coefficient (Wildman–Crippen LogP) is 2.08. The molecule has 0 bridgehead atoms. The van der Waals surface area contributed by atoms with Crippen molar-refractivity contribution in [1.29, 1.82) is 0 Å². The van der Waals surface area contributed by atoms with Crippen LogP contribution in [0.15, 0.2) is 24.3 Å². The van der Waals surface area contributed by atoms with Crippen molar-refractivity contribution < 1.29 is 14.4 Å². The molecule has 6 heteroatoms. The Balaban J connectivity index is 2.43. The van der Waals surface area contributed by atoms with Crippen LogP contribution in [0.1, 0.15) is 19.4 Å². The van der Waals surface area contributed by atoms with Crippen LogP contribution in [0.2, 0.25) is 0 Å². The molecule has 1 rings (SSSR count). The Labute approximate surface area is 112 Å². The number of hydrogen-bond donors (Lipinski definition) is 1. The molecule has 19 heavy (non-hydrogen) atoms. The van der Waals surface area contributed by atoms with Gasteiger partial charge in [0.1, 0.15) is 0 Å². The molecule has 0 fully saturated rings. The van der Waals surface area contributed by atoms with Gasteiger partial charge >= 0.3 is 0 Å². The fourth-order valence-electron chi connectivity index (χ4n) is 1.65. The zero-order valence-electron chi connectivity index (χ0n) is 11.3. The van der Waals surface area contributed by atoms with E-state index in [9.17, 15) is 10.1 Å². The highest BCUT2D eigenvalue weighted by molar-refractivity contribution is 5.34. The summed E-state index contributed by atoms with van der Waals surface area (Å²) in [6, 6.07) is 6.56. The molecule has 0 saturated carbocycles. The second-order valence-corrected chi connectivity index (χ2v) is 3.90. The predicted molar refractivity (Wildman–Crippen MR) is 71.8 cm³/mol. The number of benzene rings is 1. The molecule has 0 spiro atoms.